The number of hydrogen-bond donors (Lipinski definition) is 1. The smallest absolute Gasteiger partial charge is 0.306 e. The summed E-state index contributed by atoms with van der Waals surface area (Å²) in [5, 5.41) is 8.97. The van der Waals surface area contributed by atoms with Crippen molar-refractivity contribution >= 4 is 5.97 Å². The van der Waals surface area contributed by atoms with Crippen molar-refractivity contribution < 1.29 is 28.2 Å². The van der Waals surface area contributed by atoms with Gasteiger partial charge in [-0.1, -0.05) is 19.1 Å². The van der Waals surface area contributed by atoms with E-state index in [2.05, 4.69) is 0 Å². The minimum atomic E-state index is -0.960. The first kappa shape index (κ1) is 19.1. The third-order valence-electron chi connectivity index (χ3n) is 4.61. The average Bonchev–Trinajstić information content (AvgIpc) is 2.90. The van der Waals surface area contributed by atoms with Gasteiger partial charge in [-0.2, -0.15) is 0 Å². The quantitative estimate of drug-likeness (QED) is 0.805. The Labute approximate surface area is 156 Å². The number of halogens is 2. The number of rotatable bonds is 6. The lowest BCUT2D eigenvalue weighted by Crippen LogP contribution is -2.25. The number of carboxylic acid groups (broad SMARTS) is 1. The zero-order valence-corrected chi connectivity index (χ0v) is 15.5. The summed E-state index contributed by atoms with van der Waals surface area (Å²) in [6, 6.07) is 8.08. The van der Waals surface area contributed by atoms with Gasteiger partial charge < -0.3 is 14.6 Å². The van der Waals surface area contributed by atoms with Crippen LogP contribution in [0.5, 0.6) is 11.5 Å². The highest BCUT2D eigenvalue weighted by atomic mass is 19.2. The van der Waals surface area contributed by atoms with Gasteiger partial charge in [-0.3, -0.25) is 4.79 Å². The molecule has 2 aromatic rings. The van der Waals surface area contributed by atoms with Crippen LogP contribution in [0, 0.1) is 17.6 Å². The average molecular weight is 376 g/mol. The molecule has 1 aliphatic rings. The summed E-state index contributed by atoms with van der Waals surface area (Å²) in [5.41, 5.74) is 1.05. The molecule has 1 aliphatic heterocycles. The van der Waals surface area contributed by atoms with Gasteiger partial charge in [0.25, 0.3) is 0 Å². The van der Waals surface area contributed by atoms with E-state index in [-0.39, 0.29) is 12.2 Å². The molecule has 27 heavy (non-hydrogen) atoms. The lowest BCUT2D eigenvalue weighted by molar-refractivity contribution is -0.141. The molecule has 1 atom stereocenters. The van der Waals surface area contributed by atoms with Gasteiger partial charge in [0.1, 0.15) is 23.7 Å². The third-order valence-corrected chi connectivity index (χ3v) is 4.61. The maximum absolute atomic E-state index is 14.3. The van der Waals surface area contributed by atoms with Crippen molar-refractivity contribution in [3.05, 3.63) is 58.7 Å². The minimum Gasteiger partial charge on any atom is -0.489 e. The molecule has 1 unspecified atom stereocenters. The Kier molecular flexibility index (Phi) is 5.09. The van der Waals surface area contributed by atoms with Crippen LogP contribution in [-0.2, 0) is 24.2 Å². The van der Waals surface area contributed by atoms with Gasteiger partial charge in [0, 0.05) is 12.0 Å². The van der Waals surface area contributed by atoms with E-state index in [1.165, 1.54) is 6.07 Å². The zero-order valence-electron chi connectivity index (χ0n) is 15.5. The molecule has 6 heteroatoms. The molecule has 2 aromatic carbocycles. The third kappa shape index (κ3) is 4.21. The second-order valence-corrected chi connectivity index (χ2v) is 7.55. The molecule has 0 bridgehead atoms. The number of fused-ring (bicyclic) bond motifs is 1. The largest absolute Gasteiger partial charge is 0.489 e. The molecule has 1 N–H and O–H groups in total. The van der Waals surface area contributed by atoms with E-state index < -0.39 is 29.1 Å². The van der Waals surface area contributed by atoms with Crippen molar-refractivity contribution in [2.45, 2.75) is 45.8 Å². The van der Waals surface area contributed by atoms with Crippen molar-refractivity contribution in [2.24, 2.45) is 5.92 Å². The molecule has 3 rings (SSSR count). The zero-order chi connectivity index (χ0) is 19.8. The lowest BCUT2D eigenvalue weighted by atomic mass is 10.00. The molecule has 144 valence electrons. The first-order valence-electron chi connectivity index (χ1n) is 8.79. The predicted molar refractivity (Wildman–Crippen MR) is 96.0 cm³/mol. The molecular weight excluding hydrogens is 354 g/mol. The van der Waals surface area contributed by atoms with Crippen LogP contribution < -0.4 is 9.47 Å². The highest BCUT2D eigenvalue weighted by molar-refractivity contribution is 5.69. The van der Waals surface area contributed by atoms with Crippen LogP contribution in [0.25, 0.3) is 0 Å². The number of hydrogen-bond acceptors (Lipinski definition) is 3. The monoisotopic (exact) mass is 376 g/mol. The minimum absolute atomic E-state index is 0.0687. The molecule has 0 radical (unpaired) electrons. The Balaban J connectivity index is 1.74. The van der Waals surface area contributed by atoms with E-state index in [1.807, 2.05) is 13.8 Å². The molecule has 0 saturated heterocycles. The summed E-state index contributed by atoms with van der Waals surface area (Å²) in [4.78, 5) is 10.9. The van der Waals surface area contributed by atoms with Crippen LogP contribution in [0.4, 0.5) is 8.78 Å². The predicted octanol–water partition coefficient (Wildman–Crippen LogP) is 4.52. The van der Waals surface area contributed by atoms with Crippen LogP contribution in [0.1, 0.15) is 37.5 Å². The van der Waals surface area contributed by atoms with Crippen molar-refractivity contribution in [3.8, 4) is 11.5 Å². The highest BCUT2D eigenvalue weighted by Gasteiger charge is 2.34. The van der Waals surface area contributed by atoms with Gasteiger partial charge >= 0.3 is 5.97 Å². The Bertz CT molecular complexity index is 859. The Hall–Kier alpha value is -2.63. The van der Waals surface area contributed by atoms with Gasteiger partial charge in [0.15, 0.2) is 11.6 Å². The van der Waals surface area contributed by atoms with Crippen LogP contribution >= 0.6 is 0 Å². The van der Waals surface area contributed by atoms with E-state index in [1.54, 1.807) is 31.2 Å². The van der Waals surface area contributed by atoms with Crippen molar-refractivity contribution in [3.63, 3.8) is 0 Å². The molecule has 4 nitrogen and oxygen atoms in total. The molecule has 0 amide bonds. The molecule has 0 aliphatic carbocycles. The Morgan fingerprint density at radius 3 is 2.59 bits per heavy atom. The van der Waals surface area contributed by atoms with Crippen LogP contribution in [0.3, 0.4) is 0 Å². The number of aliphatic carboxylic acids is 1. The standard InChI is InChI=1S/C21H22F2O4/c1-12(20(24)25)8-13-4-6-15(7-5-13)26-11-16-18(23)17(22)9-14-10-21(2,3)27-19(14)16/h4-7,9,12H,8,10-11H2,1-3H3,(H,24,25). The number of carboxylic acids is 1. The van der Waals surface area contributed by atoms with E-state index in [0.717, 1.165) is 5.56 Å². The maximum Gasteiger partial charge on any atom is 0.306 e. The van der Waals surface area contributed by atoms with E-state index >= 15 is 0 Å². The molecule has 0 fully saturated rings. The fraction of sp³-hybridized carbons (Fsp3) is 0.381. The SMILES string of the molecule is CC(Cc1ccc(OCc2c(F)c(F)cc3c2OC(C)(C)C3)cc1)C(=O)O. The van der Waals surface area contributed by atoms with E-state index in [0.29, 0.717) is 29.9 Å². The summed E-state index contributed by atoms with van der Waals surface area (Å²) < 4.78 is 39.6. The number of ether oxygens (including phenoxy) is 2. The number of carbonyl (C=O) groups is 1. The first-order chi connectivity index (χ1) is 12.7. The summed E-state index contributed by atoms with van der Waals surface area (Å²) in [7, 11) is 0. The molecule has 0 saturated carbocycles. The van der Waals surface area contributed by atoms with E-state index in [9.17, 15) is 13.6 Å². The fourth-order valence-corrected chi connectivity index (χ4v) is 3.20. The lowest BCUT2D eigenvalue weighted by Gasteiger charge is -2.18. The van der Waals surface area contributed by atoms with Gasteiger partial charge in [0.2, 0.25) is 0 Å². The summed E-state index contributed by atoms with van der Waals surface area (Å²) >= 11 is 0. The Morgan fingerprint density at radius 1 is 1.30 bits per heavy atom. The van der Waals surface area contributed by atoms with Crippen molar-refractivity contribution in [2.75, 3.05) is 0 Å². The highest BCUT2D eigenvalue weighted by Crippen LogP contribution is 2.40. The molecule has 0 aromatic heterocycles. The molecule has 0 spiro atoms. The molecule has 1 heterocycles. The topological polar surface area (TPSA) is 55.8 Å². The van der Waals surface area contributed by atoms with Crippen LogP contribution in [-0.4, -0.2) is 16.7 Å². The second kappa shape index (κ2) is 7.18. The summed E-state index contributed by atoms with van der Waals surface area (Å²) in [6.07, 6.45) is 0.910. The van der Waals surface area contributed by atoms with E-state index in [4.69, 9.17) is 14.6 Å². The van der Waals surface area contributed by atoms with Gasteiger partial charge in [0.05, 0.1) is 11.5 Å². The van der Waals surface area contributed by atoms with Gasteiger partial charge in [-0.15, -0.1) is 0 Å². The second-order valence-electron chi connectivity index (χ2n) is 7.55. The van der Waals surface area contributed by atoms with Crippen LogP contribution in [0.15, 0.2) is 30.3 Å². The van der Waals surface area contributed by atoms with Crippen molar-refractivity contribution in [1.29, 1.82) is 0 Å². The molecular formula is C21H22F2O4. The fourth-order valence-electron chi connectivity index (χ4n) is 3.20. The van der Waals surface area contributed by atoms with Gasteiger partial charge in [-0.05, 0) is 44.0 Å². The normalized spacial score (nSPS) is 15.7. The van der Waals surface area contributed by atoms with Crippen molar-refractivity contribution in [1.82, 2.24) is 0 Å². The summed E-state index contributed by atoms with van der Waals surface area (Å²) in [6.45, 7) is 5.21. The summed E-state index contributed by atoms with van der Waals surface area (Å²) in [5.74, 6) is -2.37. The maximum atomic E-state index is 14.3. The number of benzene rings is 2. The van der Waals surface area contributed by atoms with Crippen LogP contribution in [0.2, 0.25) is 0 Å². The first-order valence-corrected chi connectivity index (χ1v) is 8.79. The Morgan fingerprint density at radius 2 is 1.96 bits per heavy atom. The van der Waals surface area contributed by atoms with Gasteiger partial charge in [-0.25, -0.2) is 8.78 Å².